The number of para-hydroxylation sites is 1. The van der Waals surface area contributed by atoms with Gasteiger partial charge in [0, 0.05) is 37.3 Å². The van der Waals surface area contributed by atoms with Gasteiger partial charge >= 0.3 is 5.97 Å². The van der Waals surface area contributed by atoms with E-state index in [1.165, 1.54) is 0 Å². The Balaban J connectivity index is 1.67. The molecular formula is C37H40N2O5. The maximum atomic E-state index is 14.1. The van der Waals surface area contributed by atoms with Crippen LogP contribution in [0.3, 0.4) is 0 Å². The fourth-order valence-electron chi connectivity index (χ4n) is 5.27. The quantitative estimate of drug-likeness (QED) is 0.161. The molecule has 4 aromatic carbocycles. The van der Waals surface area contributed by atoms with Crippen LogP contribution in [0.2, 0.25) is 0 Å². The summed E-state index contributed by atoms with van der Waals surface area (Å²) in [6, 6.07) is 32.2. The van der Waals surface area contributed by atoms with E-state index in [1.54, 1.807) is 24.1 Å². The minimum atomic E-state index is -0.977. The summed E-state index contributed by atoms with van der Waals surface area (Å²) in [6.45, 7) is 3.57. The number of carbonyl (C=O) groups is 3. The first-order valence-corrected chi connectivity index (χ1v) is 15.1. The summed E-state index contributed by atoms with van der Waals surface area (Å²) in [5.41, 5.74) is 4.22. The van der Waals surface area contributed by atoms with Gasteiger partial charge in [0.25, 0.3) is 11.8 Å². The number of nitrogens with zero attached hydrogens (tertiary/aromatic N) is 2. The summed E-state index contributed by atoms with van der Waals surface area (Å²) >= 11 is 0. The summed E-state index contributed by atoms with van der Waals surface area (Å²) in [6.07, 6.45) is 2.15. The van der Waals surface area contributed by atoms with Crippen LogP contribution in [-0.4, -0.2) is 59.4 Å². The van der Waals surface area contributed by atoms with Gasteiger partial charge in [0.1, 0.15) is 5.75 Å². The van der Waals surface area contributed by atoms with Crippen molar-refractivity contribution in [3.05, 3.63) is 125 Å². The van der Waals surface area contributed by atoms with Crippen molar-refractivity contribution in [3.8, 4) is 16.9 Å². The van der Waals surface area contributed by atoms with E-state index < -0.39 is 5.97 Å². The van der Waals surface area contributed by atoms with E-state index in [4.69, 9.17) is 4.74 Å². The van der Waals surface area contributed by atoms with Crippen LogP contribution in [0.15, 0.2) is 103 Å². The van der Waals surface area contributed by atoms with Gasteiger partial charge in [-0.05, 0) is 53.3 Å². The Morgan fingerprint density at radius 1 is 0.682 bits per heavy atom. The molecule has 0 aliphatic heterocycles. The maximum absolute atomic E-state index is 14.1. The average molecular weight is 593 g/mol. The zero-order valence-corrected chi connectivity index (χ0v) is 25.4. The van der Waals surface area contributed by atoms with Gasteiger partial charge in [-0.3, -0.25) is 14.4 Å². The van der Waals surface area contributed by atoms with E-state index >= 15 is 0 Å². The third-order valence-electron chi connectivity index (χ3n) is 7.62. The molecule has 4 aromatic rings. The second kappa shape index (κ2) is 16.1. The number of hydrogen-bond acceptors (Lipinski definition) is 4. The Kier molecular flexibility index (Phi) is 11.7. The number of carboxylic acid groups (broad SMARTS) is 1. The molecule has 0 unspecified atom stereocenters. The number of unbranched alkanes of at least 4 members (excludes halogenated alkanes) is 1. The molecule has 4 rings (SSSR count). The monoisotopic (exact) mass is 592 g/mol. The molecule has 0 fully saturated rings. The number of rotatable bonds is 15. The Labute approximate surface area is 259 Å². The number of aliphatic carboxylic acids is 1. The first-order valence-electron chi connectivity index (χ1n) is 15.1. The first kappa shape index (κ1) is 32.0. The fourth-order valence-corrected chi connectivity index (χ4v) is 5.27. The molecule has 0 spiro atoms. The molecule has 0 aliphatic carbocycles. The molecule has 1 N–H and O–H groups in total. The van der Waals surface area contributed by atoms with E-state index in [1.807, 2.05) is 95.9 Å². The van der Waals surface area contributed by atoms with E-state index in [-0.39, 0.29) is 24.8 Å². The van der Waals surface area contributed by atoms with Crippen molar-refractivity contribution in [2.75, 3.05) is 26.7 Å². The van der Waals surface area contributed by atoms with Crippen molar-refractivity contribution < 1.29 is 24.2 Å². The molecule has 0 saturated carbocycles. The molecule has 0 aromatic heterocycles. The molecular weight excluding hydrogens is 552 g/mol. The minimum Gasteiger partial charge on any atom is -0.496 e. The molecule has 228 valence electrons. The molecule has 0 bridgehead atoms. The SMILES string of the molecule is CCCCN(Cc1ccccc1)C(=O)c1ccccc1-c1ccccc1C(=O)N(CCC(=O)O)CCc1ccccc1OC. The third kappa shape index (κ3) is 8.34. The first-order chi connectivity index (χ1) is 21.4. The van der Waals surface area contributed by atoms with Crippen LogP contribution in [0.1, 0.15) is 58.0 Å². The number of amides is 2. The number of carbonyl (C=O) groups excluding carboxylic acids is 2. The highest BCUT2D eigenvalue weighted by Gasteiger charge is 2.25. The maximum Gasteiger partial charge on any atom is 0.305 e. The zero-order chi connectivity index (χ0) is 31.3. The molecule has 44 heavy (non-hydrogen) atoms. The molecule has 2 amide bonds. The van der Waals surface area contributed by atoms with Gasteiger partial charge in [0.05, 0.1) is 13.5 Å². The summed E-state index contributed by atoms with van der Waals surface area (Å²) in [5.74, 6) is -0.644. The van der Waals surface area contributed by atoms with Crippen molar-refractivity contribution >= 4 is 17.8 Å². The lowest BCUT2D eigenvalue weighted by molar-refractivity contribution is -0.137. The summed E-state index contributed by atoms with van der Waals surface area (Å²) in [4.78, 5) is 43.2. The van der Waals surface area contributed by atoms with Crippen molar-refractivity contribution in [2.24, 2.45) is 0 Å². The van der Waals surface area contributed by atoms with Gasteiger partial charge < -0.3 is 19.6 Å². The normalized spacial score (nSPS) is 10.7. The Hall–Kier alpha value is -4.91. The third-order valence-corrected chi connectivity index (χ3v) is 7.62. The Morgan fingerprint density at radius 2 is 1.25 bits per heavy atom. The van der Waals surface area contributed by atoms with Crippen LogP contribution in [0.5, 0.6) is 5.75 Å². The lowest BCUT2D eigenvalue weighted by atomic mass is 9.93. The lowest BCUT2D eigenvalue weighted by Gasteiger charge is -2.26. The Bertz CT molecular complexity index is 1550. The van der Waals surface area contributed by atoms with E-state index in [0.29, 0.717) is 54.1 Å². The molecule has 0 atom stereocenters. The number of methoxy groups -OCH3 is 1. The van der Waals surface area contributed by atoms with Crippen LogP contribution in [0, 0.1) is 0 Å². The minimum absolute atomic E-state index is 0.0557. The zero-order valence-electron chi connectivity index (χ0n) is 25.4. The molecule has 0 aliphatic rings. The van der Waals surface area contributed by atoms with Crippen molar-refractivity contribution in [1.82, 2.24) is 9.80 Å². The van der Waals surface area contributed by atoms with E-state index in [0.717, 1.165) is 24.0 Å². The largest absolute Gasteiger partial charge is 0.496 e. The number of carboxylic acids is 1. The smallest absolute Gasteiger partial charge is 0.305 e. The second-order valence-electron chi connectivity index (χ2n) is 10.7. The van der Waals surface area contributed by atoms with Crippen molar-refractivity contribution in [2.45, 2.75) is 39.2 Å². The average Bonchev–Trinajstić information content (AvgIpc) is 3.06. The van der Waals surface area contributed by atoms with Gasteiger partial charge in [-0.15, -0.1) is 0 Å². The number of hydrogen-bond donors (Lipinski definition) is 1. The van der Waals surface area contributed by atoms with Gasteiger partial charge in [0.2, 0.25) is 0 Å². The second-order valence-corrected chi connectivity index (χ2v) is 10.7. The highest BCUT2D eigenvalue weighted by atomic mass is 16.5. The fraction of sp³-hybridized carbons (Fsp3) is 0.270. The van der Waals surface area contributed by atoms with Crippen molar-refractivity contribution in [3.63, 3.8) is 0 Å². The van der Waals surface area contributed by atoms with Crippen LogP contribution in [0.25, 0.3) is 11.1 Å². The lowest BCUT2D eigenvalue weighted by Crippen LogP contribution is -2.35. The highest BCUT2D eigenvalue weighted by Crippen LogP contribution is 2.30. The number of ether oxygens (including phenoxy) is 1. The van der Waals surface area contributed by atoms with Gasteiger partial charge in [-0.1, -0.05) is 98.3 Å². The molecule has 0 radical (unpaired) electrons. The molecule has 7 nitrogen and oxygen atoms in total. The van der Waals surface area contributed by atoms with Crippen LogP contribution >= 0.6 is 0 Å². The Morgan fingerprint density at radius 3 is 1.86 bits per heavy atom. The summed E-state index contributed by atoms with van der Waals surface area (Å²) in [7, 11) is 1.60. The topological polar surface area (TPSA) is 87.2 Å². The molecule has 0 saturated heterocycles. The molecule has 0 heterocycles. The predicted molar refractivity (Wildman–Crippen MR) is 173 cm³/mol. The number of benzene rings is 4. The van der Waals surface area contributed by atoms with Gasteiger partial charge in [-0.2, -0.15) is 0 Å². The van der Waals surface area contributed by atoms with E-state index in [9.17, 15) is 19.5 Å². The van der Waals surface area contributed by atoms with Gasteiger partial charge in [-0.25, -0.2) is 0 Å². The predicted octanol–water partition coefficient (Wildman–Crippen LogP) is 6.96. The highest BCUT2D eigenvalue weighted by molar-refractivity contribution is 6.06. The van der Waals surface area contributed by atoms with Gasteiger partial charge in [0.15, 0.2) is 0 Å². The van der Waals surface area contributed by atoms with Crippen molar-refractivity contribution in [1.29, 1.82) is 0 Å². The standard InChI is InChI=1S/C37H40N2O5/c1-3-4-24-39(27-28-14-6-5-7-15-28)37(43)33-20-12-10-18-31(33)30-17-9-11-19-32(30)36(42)38(26-23-35(40)41)25-22-29-16-8-13-21-34(29)44-2/h5-21H,3-4,22-27H2,1-2H3,(H,40,41). The summed E-state index contributed by atoms with van der Waals surface area (Å²) in [5, 5.41) is 9.43. The van der Waals surface area contributed by atoms with E-state index in [2.05, 4.69) is 6.92 Å². The summed E-state index contributed by atoms with van der Waals surface area (Å²) < 4.78 is 5.48. The van der Waals surface area contributed by atoms with Crippen LogP contribution < -0.4 is 4.74 Å². The van der Waals surface area contributed by atoms with Crippen LogP contribution in [-0.2, 0) is 17.8 Å². The van der Waals surface area contributed by atoms with Crippen LogP contribution in [0.4, 0.5) is 0 Å². The molecule has 7 heteroatoms.